The molecule has 0 aromatic heterocycles. The van der Waals surface area contributed by atoms with Crippen molar-refractivity contribution in [3.8, 4) is 0 Å². The third-order valence-corrected chi connectivity index (χ3v) is 5.25. The molecule has 0 aromatic carbocycles. The fourth-order valence-electron chi connectivity index (χ4n) is 1.65. The normalized spacial score (nSPS) is 10.5. The second kappa shape index (κ2) is 17.1. The van der Waals surface area contributed by atoms with Gasteiger partial charge in [-0.15, -0.1) is 0 Å². The molecule has 0 aliphatic rings. The van der Waals surface area contributed by atoms with Gasteiger partial charge in [-0.3, -0.25) is 9.59 Å². The minimum Gasteiger partial charge on any atom is -0.463 e. The average Bonchev–Trinajstić information content (AvgIpc) is 2.57. The first kappa shape index (κ1) is 24.7. The van der Waals surface area contributed by atoms with E-state index < -0.39 is 0 Å². The smallest absolute Gasteiger partial charge is 0.306 e. The molecule has 0 heterocycles. The van der Waals surface area contributed by atoms with Gasteiger partial charge in [0, 0.05) is 31.5 Å². The Morgan fingerprint density at radius 1 is 0.920 bits per heavy atom. The molecule has 0 N–H and O–H groups in total. The monoisotopic (exact) mass is 411 g/mol. The van der Waals surface area contributed by atoms with Crippen LogP contribution in [0.25, 0.3) is 0 Å². The van der Waals surface area contributed by atoms with Gasteiger partial charge < -0.3 is 19.1 Å². The summed E-state index contributed by atoms with van der Waals surface area (Å²) in [5, 5.41) is 0.0925. The number of rotatable bonds is 14. The molecule has 0 saturated carbocycles. The topological polar surface area (TPSA) is 65.1 Å². The maximum absolute atomic E-state index is 11.6. The van der Waals surface area contributed by atoms with E-state index in [0.717, 1.165) is 17.4 Å². The first-order valence-corrected chi connectivity index (χ1v) is 10.7. The summed E-state index contributed by atoms with van der Waals surface area (Å²) in [6, 6.07) is 0. The van der Waals surface area contributed by atoms with E-state index in [4.69, 9.17) is 26.4 Å². The lowest BCUT2D eigenvalue weighted by Gasteiger charge is -2.20. The van der Waals surface area contributed by atoms with Gasteiger partial charge in [0.2, 0.25) is 0 Å². The lowest BCUT2D eigenvalue weighted by molar-refractivity contribution is -0.144. The summed E-state index contributed by atoms with van der Waals surface area (Å²) in [7, 11) is 0. The Morgan fingerprint density at radius 3 is 2.12 bits per heavy atom. The first-order chi connectivity index (χ1) is 12.0. The van der Waals surface area contributed by atoms with Crippen LogP contribution in [-0.2, 0) is 23.8 Å². The van der Waals surface area contributed by atoms with E-state index in [1.807, 2.05) is 0 Å². The van der Waals surface area contributed by atoms with Crippen LogP contribution in [0.3, 0.4) is 0 Å². The second-order valence-corrected chi connectivity index (χ2v) is 7.82. The standard InChI is InChI=1S/C16H29NO5S3/c1-4-17(5-2)16(23)25-12-6-15(19)22-10-9-20-7-8-21-11-13-24-14(3)18/h4-13H2,1-3H3. The molecule has 9 heteroatoms. The Balaban J connectivity index is 3.41. The Kier molecular flexibility index (Phi) is 16.8. The van der Waals surface area contributed by atoms with Crippen LogP contribution in [0.4, 0.5) is 0 Å². The van der Waals surface area contributed by atoms with Gasteiger partial charge in [-0.1, -0.05) is 35.7 Å². The number of ether oxygens (including phenoxy) is 3. The third kappa shape index (κ3) is 15.6. The van der Waals surface area contributed by atoms with E-state index >= 15 is 0 Å². The SMILES string of the molecule is CCN(CC)C(=S)SCCC(=O)OCCOCCOCCSC(C)=O. The molecular formula is C16H29NO5S3. The number of hydrogen-bond acceptors (Lipinski definition) is 8. The van der Waals surface area contributed by atoms with E-state index in [1.54, 1.807) is 0 Å². The molecule has 0 aliphatic heterocycles. The molecule has 0 amide bonds. The molecular weight excluding hydrogens is 382 g/mol. The number of hydrogen-bond donors (Lipinski definition) is 0. The highest BCUT2D eigenvalue weighted by molar-refractivity contribution is 8.22. The number of thioether (sulfide) groups is 2. The van der Waals surface area contributed by atoms with E-state index in [9.17, 15) is 9.59 Å². The fourth-order valence-corrected chi connectivity index (χ4v) is 3.53. The maximum Gasteiger partial charge on any atom is 0.306 e. The van der Waals surface area contributed by atoms with Crippen molar-refractivity contribution in [2.24, 2.45) is 0 Å². The molecule has 0 radical (unpaired) electrons. The number of nitrogens with zero attached hydrogens (tertiary/aromatic N) is 1. The Morgan fingerprint density at radius 2 is 1.52 bits per heavy atom. The van der Waals surface area contributed by atoms with Crippen molar-refractivity contribution >= 4 is 51.1 Å². The van der Waals surface area contributed by atoms with Gasteiger partial charge in [0.25, 0.3) is 0 Å². The Hall–Kier alpha value is -0.350. The molecule has 0 saturated heterocycles. The molecule has 0 fully saturated rings. The van der Waals surface area contributed by atoms with E-state index in [1.165, 1.54) is 30.4 Å². The molecule has 0 aliphatic carbocycles. The van der Waals surface area contributed by atoms with Crippen LogP contribution in [-0.4, -0.2) is 77.9 Å². The molecule has 0 rings (SSSR count). The van der Waals surface area contributed by atoms with Crippen molar-refractivity contribution in [2.45, 2.75) is 27.2 Å². The Labute approximate surface area is 164 Å². The first-order valence-electron chi connectivity index (χ1n) is 8.37. The van der Waals surface area contributed by atoms with Gasteiger partial charge >= 0.3 is 5.97 Å². The fraction of sp³-hybridized carbons (Fsp3) is 0.812. The van der Waals surface area contributed by atoms with Gasteiger partial charge in [0.15, 0.2) is 5.12 Å². The van der Waals surface area contributed by atoms with Gasteiger partial charge in [0.05, 0.1) is 32.8 Å². The molecule has 0 atom stereocenters. The van der Waals surface area contributed by atoms with Crippen LogP contribution < -0.4 is 0 Å². The molecule has 6 nitrogen and oxygen atoms in total. The molecule has 0 spiro atoms. The summed E-state index contributed by atoms with van der Waals surface area (Å²) < 4.78 is 16.5. The van der Waals surface area contributed by atoms with Gasteiger partial charge in [0.1, 0.15) is 10.9 Å². The van der Waals surface area contributed by atoms with E-state index in [0.29, 0.717) is 44.4 Å². The summed E-state index contributed by atoms with van der Waals surface area (Å²) >= 11 is 8.05. The minimum absolute atomic E-state index is 0.0925. The zero-order valence-electron chi connectivity index (χ0n) is 15.3. The van der Waals surface area contributed by atoms with Crippen LogP contribution >= 0.6 is 35.7 Å². The molecule has 146 valence electrons. The number of carbonyl (C=O) groups excluding carboxylic acids is 2. The van der Waals surface area contributed by atoms with E-state index in [2.05, 4.69) is 18.7 Å². The van der Waals surface area contributed by atoms with Crippen molar-refractivity contribution in [1.82, 2.24) is 4.90 Å². The van der Waals surface area contributed by atoms with Gasteiger partial charge in [-0.25, -0.2) is 0 Å². The lowest BCUT2D eigenvalue weighted by Crippen LogP contribution is -2.27. The summed E-state index contributed by atoms with van der Waals surface area (Å²) in [5.41, 5.74) is 0. The van der Waals surface area contributed by atoms with E-state index in [-0.39, 0.29) is 17.7 Å². The number of carbonyl (C=O) groups is 2. The predicted molar refractivity (Wildman–Crippen MR) is 108 cm³/mol. The summed E-state index contributed by atoms with van der Waals surface area (Å²) in [6.45, 7) is 9.42. The Bertz CT molecular complexity index is 392. The number of esters is 1. The predicted octanol–water partition coefficient (Wildman–Crippen LogP) is 2.59. The quantitative estimate of drug-likeness (QED) is 0.244. The van der Waals surface area contributed by atoms with Crippen molar-refractivity contribution in [3.63, 3.8) is 0 Å². The second-order valence-electron chi connectivity index (χ2n) is 4.82. The van der Waals surface area contributed by atoms with Crippen LogP contribution in [0.2, 0.25) is 0 Å². The molecule has 0 bridgehead atoms. The highest BCUT2D eigenvalue weighted by Gasteiger charge is 2.08. The average molecular weight is 412 g/mol. The van der Waals surface area contributed by atoms with Gasteiger partial charge in [-0.05, 0) is 13.8 Å². The zero-order chi connectivity index (χ0) is 18.9. The third-order valence-electron chi connectivity index (χ3n) is 2.95. The molecule has 0 unspecified atom stereocenters. The summed E-state index contributed by atoms with van der Waals surface area (Å²) in [5.74, 6) is 1.04. The number of thiocarbonyl (C=S) groups is 1. The largest absolute Gasteiger partial charge is 0.463 e. The summed E-state index contributed by atoms with van der Waals surface area (Å²) in [6.07, 6.45) is 0.336. The van der Waals surface area contributed by atoms with Crippen molar-refractivity contribution in [2.75, 3.05) is 57.6 Å². The summed E-state index contributed by atoms with van der Waals surface area (Å²) in [4.78, 5) is 24.4. The lowest BCUT2D eigenvalue weighted by atomic mass is 10.5. The van der Waals surface area contributed by atoms with Crippen molar-refractivity contribution < 1.29 is 23.8 Å². The van der Waals surface area contributed by atoms with Crippen LogP contribution in [0.15, 0.2) is 0 Å². The maximum atomic E-state index is 11.6. The van der Waals surface area contributed by atoms with Crippen LogP contribution in [0, 0.1) is 0 Å². The van der Waals surface area contributed by atoms with Gasteiger partial charge in [-0.2, -0.15) is 0 Å². The zero-order valence-corrected chi connectivity index (χ0v) is 17.7. The molecule has 0 aromatic rings. The highest BCUT2D eigenvalue weighted by atomic mass is 32.2. The van der Waals surface area contributed by atoms with Crippen LogP contribution in [0.1, 0.15) is 27.2 Å². The van der Waals surface area contributed by atoms with Crippen molar-refractivity contribution in [1.29, 1.82) is 0 Å². The van der Waals surface area contributed by atoms with Crippen molar-refractivity contribution in [3.05, 3.63) is 0 Å². The minimum atomic E-state index is -0.240. The van der Waals surface area contributed by atoms with Crippen LogP contribution in [0.5, 0.6) is 0 Å². The highest BCUT2D eigenvalue weighted by Crippen LogP contribution is 2.11. The molecule has 25 heavy (non-hydrogen) atoms.